The van der Waals surface area contributed by atoms with E-state index in [0.29, 0.717) is 19.8 Å². The van der Waals surface area contributed by atoms with Gasteiger partial charge in [0.1, 0.15) is 6.61 Å². The lowest BCUT2D eigenvalue weighted by Crippen LogP contribution is -2.33. The summed E-state index contributed by atoms with van der Waals surface area (Å²) in [5.41, 5.74) is 5.11. The van der Waals surface area contributed by atoms with Gasteiger partial charge < -0.3 is 19.5 Å². The van der Waals surface area contributed by atoms with Crippen LogP contribution in [0.2, 0.25) is 5.02 Å². The number of ether oxygens (including phenoxy) is 2. The highest BCUT2D eigenvalue weighted by Crippen LogP contribution is 2.28. The summed E-state index contributed by atoms with van der Waals surface area (Å²) in [6.45, 7) is 4.02. The van der Waals surface area contributed by atoms with Gasteiger partial charge in [0.05, 0.1) is 19.8 Å². The van der Waals surface area contributed by atoms with Crippen molar-refractivity contribution in [2.75, 3.05) is 46.1 Å². The molecule has 0 spiro atoms. The molecule has 5 nitrogen and oxygen atoms in total. The predicted octanol–water partition coefficient (Wildman–Crippen LogP) is 4.60. The summed E-state index contributed by atoms with van der Waals surface area (Å²) < 4.78 is 10.5. The minimum absolute atomic E-state index is 0.272. The molecule has 0 bridgehead atoms. The van der Waals surface area contributed by atoms with E-state index in [1.54, 1.807) is 0 Å². The lowest BCUT2D eigenvalue weighted by atomic mass is 9.95. The molecule has 0 amide bonds. The predicted molar refractivity (Wildman–Crippen MR) is 120 cm³/mol. The summed E-state index contributed by atoms with van der Waals surface area (Å²) in [7, 11) is 0. The Kier molecular flexibility index (Phi) is 8.90. The minimum atomic E-state index is -0.956. The Morgan fingerprint density at radius 1 is 1.00 bits per heavy atom. The first-order valence-corrected chi connectivity index (χ1v) is 10.6. The second kappa shape index (κ2) is 11.9. The molecule has 2 aromatic rings. The van der Waals surface area contributed by atoms with Crippen molar-refractivity contribution in [3.05, 3.63) is 64.7 Å². The summed E-state index contributed by atoms with van der Waals surface area (Å²) in [6.07, 6.45) is 4.44. The van der Waals surface area contributed by atoms with E-state index in [1.165, 1.54) is 22.3 Å². The number of hydrogen-bond donors (Lipinski definition) is 1. The fourth-order valence-electron chi connectivity index (χ4n) is 3.52. The van der Waals surface area contributed by atoms with Gasteiger partial charge in [-0.25, -0.2) is 4.79 Å². The fourth-order valence-corrected chi connectivity index (χ4v) is 3.64. The smallest absolute Gasteiger partial charge is 0.329 e. The molecule has 0 atom stereocenters. The number of carboxylic acid groups (broad SMARTS) is 1. The molecule has 0 aromatic heterocycles. The highest BCUT2D eigenvalue weighted by molar-refractivity contribution is 6.30. The molecule has 2 aromatic carbocycles. The summed E-state index contributed by atoms with van der Waals surface area (Å²) in [6, 6.07) is 16.5. The Morgan fingerprint density at radius 2 is 1.70 bits per heavy atom. The van der Waals surface area contributed by atoms with Crippen LogP contribution in [0.4, 0.5) is 0 Å². The molecule has 0 unspecified atom stereocenters. The van der Waals surface area contributed by atoms with Gasteiger partial charge in [0.15, 0.2) is 0 Å². The number of halogens is 1. The first-order valence-electron chi connectivity index (χ1n) is 10.3. The van der Waals surface area contributed by atoms with E-state index < -0.39 is 5.97 Å². The van der Waals surface area contributed by atoms with E-state index in [-0.39, 0.29) is 6.61 Å². The molecule has 6 heteroatoms. The molecular formula is C24H28ClNO4. The number of piperidine rings is 1. The van der Waals surface area contributed by atoms with E-state index in [0.717, 1.165) is 37.5 Å². The minimum Gasteiger partial charge on any atom is -0.480 e. The Morgan fingerprint density at radius 3 is 2.43 bits per heavy atom. The Bertz CT molecular complexity index is 841. The Balaban J connectivity index is 1.45. The summed E-state index contributed by atoms with van der Waals surface area (Å²) in [5.74, 6) is -0.956. The van der Waals surface area contributed by atoms with Crippen molar-refractivity contribution in [2.45, 2.75) is 12.8 Å². The molecule has 0 aliphatic carbocycles. The standard InChI is InChI=1S/C24H28ClNO4/c25-22-7-5-20(6-8-22)23-4-2-1-3-21(23)17-19-9-11-26(12-10-19)13-14-29-15-16-30-18-24(27)28/h1-8,17H,9-16,18H2,(H,27,28). The molecule has 1 fully saturated rings. The van der Waals surface area contributed by atoms with Gasteiger partial charge in [0.2, 0.25) is 0 Å². The molecule has 1 aliphatic rings. The quantitative estimate of drug-likeness (QED) is 0.559. The van der Waals surface area contributed by atoms with E-state index in [9.17, 15) is 4.79 Å². The lowest BCUT2D eigenvalue weighted by Gasteiger charge is -2.28. The van der Waals surface area contributed by atoms with Gasteiger partial charge in [-0.15, -0.1) is 0 Å². The molecule has 1 N–H and O–H groups in total. The van der Waals surface area contributed by atoms with Gasteiger partial charge >= 0.3 is 5.97 Å². The maximum Gasteiger partial charge on any atom is 0.329 e. The van der Waals surface area contributed by atoms with E-state index in [1.807, 2.05) is 12.1 Å². The van der Waals surface area contributed by atoms with Crippen LogP contribution in [0.1, 0.15) is 18.4 Å². The average Bonchev–Trinajstić information content (AvgIpc) is 2.75. The molecule has 160 valence electrons. The first-order chi connectivity index (χ1) is 14.6. The van der Waals surface area contributed by atoms with Gasteiger partial charge in [-0.2, -0.15) is 0 Å². The second-order valence-corrected chi connectivity index (χ2v) is 7.73. The van der Waals surface area contributed by atoms with Crippen LogP contribution >= 0.6 is 11.6 Å². The largest absolute Gasteiger partial charge is 0.480 e. The van der Waals surface area contributed by atoms with Crippen molar-refractivity contribution in [3.63, 3.8) is 0 Å². The highest BCUT2D eigenvalue weighted by Gasteiger charge is 2.14. The Hall–Kier alpha value is -2.18. The summed E-state index contributed by atoms with van der Waals surface area (Å²) in [5, 5.41) is 9.25. The number of aliphatic carboxylic acids is 1. The topological polar surface area (TPSA) is 59.0 Å². The fraction of sp³-hybridized carbons (Fsp3) is 0.375. The van der Waals surface area contributed by atoms with Crippen molar-refractivity contribution in [3.8, 4) is 11.1 Å². The van der Waals surface area contributed by atoms with Crippen molar-refractivity contribution >= 4 is 23.6 Å². The van der Waals surface area contributed by atoms with Gasteiger partial charge in [0, 0.05) is 24.7 Å². The monoisotopic (exact) mass is 429 g/mol. The molecule has 1 saturated heterocycles. The third kappa shape index (κ3) is 7.26. The highest BCUT2D eigenvalue weighted by atomic mass is 35.5. The molecule has 0 saturated carbocycles. The van der Waals surface area contributed by atoms with Crippen LogP contribution in [-0.4, -0.2) is 62.0 Å². The molecule has 3 rings (SSSR count). The van der Waals surface area contributed by atoms with E-state index in [4.69, 9.17) is 26.2 Å². The number of rotatable bonds is 10. The van der Waals surface area contributed by atoms with Crippen molar-refractivity contribution in [2.24, 2.45) is 0 Å². The SMILES string of the molecule is O=C(O)COCCOCCN1CCC(=Cc2ccccc2-c2ccc(Cl)cc2)CC1. The zero-order valence-corrected chi connectivity index (χ0v) is 17.8. The van der Waals surface area contributed by atoms with Gasteiger partial charge in [-0.3, -0.25) is 0 Å². The maximum atomic E-state index is 10.4. The number of carboxylic acids is 1. The second-order valence-electron chi connectivity index (χ2n) is 7.30. The van der Waals surface area contributed by atoms with Crippen LogP contribution in [0.15, 0.2) is 54.1 Å². The number of benzene rings is 2. The zero-order chi connectivity index (χ0) is 21.2. The zero-order valence-electron chi connectivity index (χ0n) is 17.1. The molecular weight excluding hydrogens is 402 g/mol. The van der Waals surface area contributed by atoms with Crippen LogP contribution in [0.3, 0.4) is 0 Å². The molecule has 1 heterocycles. The average molecular weight is 430 g/mol. The van der Waals surface area contributed by atoms with Crippen molar-refractivity contribution in [1.29, 1.82) is 0 Å². The van der Waals surface area contributed by atoms with Crippen molar-refractivity contribution < 1.29 is 19.4 Å². The third-order valence-corrected chi connectivity index (χ3v) is 5.38. The van der Waals surface area contributed by atoms with Crippen molar-refractivity contribution in [1.82, 2.24) is 4.90 Å². The number of likely N-dealkylation sites (tertiary alicyclic amines) is 1. The lowest BCUT2D eigenvalue weighted by molar-refractivity contribution is -0.142. The summed E-state index contributed by atoms with van der Waals surface area (Å²) in [4.78, 5) is 12.8. The Labute approximate surface area is 182 Å². The van der Waals surface area contributed by atoms with Gasteiger partial charge in [-0.05, 0) is 41.7 Å². The van der Waals surface area contributed by atoms with E-state index >= 15 is 0 Å². The van der Waals surface area contributed by atoms with Crippen LogP contribution in [0.5, 0.6) is 0 Å². The van der Waals surface area contributed by atoms with E-state index in [2.05, 4.69) is 47.4 Å². The first kappa shape index (κ1) is 22.5. The number of carbonyl (C=O) groups is 1. The van der Waals surface area contributed by atoms with Crippen LogP contribution in [0, 0.1) is 0 Å². The number of nitrogens with zero attached hydrogens (tertiary/aromatic N) is 1. The molecule has 30 heavy (non-hydrogen) atoms. The maximum absolute atomic E-state index is 10.4. The van der Waals surface area contributed by atoms with Gasteiger partial charge in [0.25, 0.3) is 0 Å². The molecule has 0 radical (unpaired) electrons. The van der Waals surface area contributed by atoms with Crippen LogP contribution in [0.25, 0.3) is 17.2 Å². The van der Waals surface area contributed by atoms with Crippen LogP contribution in [-0.2, 0) is 14.3 Å². The van der Waals surface area contributed by atoms with Crippen LogP contribution < -0.4 is 0 Å². The third-order valence-electron chi connectivity index (χ3n) is 5.12. The normalized spacial score (nSPS) is 14.6. The van der Waals surface area contributed by atoms with Gasteiger partial charge in [-0.1, -0.05) is 59.6 Å². The molecule has 1 aliphatic heterocycles. The summed E-state index contributed by atoms with van der Waals surface area (Å²) >= 11 is 6.03. The number of hydrogen-bond acceptors (Lipinski definition) is 4.